The first-order valence-electron chi connectivity index (χ1n) is 4.85. The largest absolute Gasteiger partial charge is 0.0838 e. The average molecular weight is 160 g/mol. The van der Waals surface area contributed by atoms with Gasteiger partial charge in [-0.05, 0) is 23.7 Å². The van der Waals surface area contributed by atoms with Crippen LogP contribution < -0.4 is 0 Å². The molecule has 0 saturated heterocycles. The van der Waals surface area contributed by atoms with Crippen LogP contribution in [0.2, 0.25) is 12.1 Å². The van der Waals surface area contributed by atoms with Gasteiger partial charge in [0.05, 0.1) is 15.7 Å². The Hall–Kier alpha value is 0.130. The summed E-state index contributed by atoms with van der Waals surface area (Å²) >= 11 is 0. The van der Waals surface area contributed by atoms with Gasteiger partial charge in [-0.1, -0.05) is 39.3 Å². The van der Waals surface area contributed by atoms with Crippen molar-refractivity contribution in [3.8, 4) is 0 Å². The minimum atomic E-state index is 0.168. The molecule has 2 unspecified atom stereocenters. The van der Waals surface area contributed by atoms with E-state index in [1.807, 2.05) is 0 Å². The molecule has 0 aliphatic heterocycles. The Kier molecular flexibility index (Phi) is 2.66. The van der Waals surface area contributed by atoms with Gasteiger partial charge < -0.3 is 0 Å². The average Bonchev–Trinajstić information content (AvgIpc) is 1.97. The zero-order chi connectivity index (χ0) is 9.41. The summed E-state index contributed by atoms with van der Waals surface area (Å²) in [7, 11) is 11.8. The Morgan fingerprint density at radius 3 is 2.33 bits per heavy atom. The first-order chi connectivity index (χ1) is 5.40. The number of hydrogen-bond acceptors (Lipinski definition) is 0. The third-order valence-electron chi connectivity index (χ3n) is 3.38. The smallest absolute Gasteiger partial charge is 0.0706 e. The van der Waals surface area contributed by atoms with Crippen molar-refractivity contribution in [2.75, 3.05) is 0 Å². The molecular weight excluding hydrogens is 142 g/mol. The molecule has 1 saturated carbocycles. The fraction of sp³-hybridized carbons (Fsp3) is 1.00. The fourth-order valence-electron chi connectivity index (χ4n) is 2.43. The Balaban J connectivity index is 2.72. The van der Waals surface area contributed by atoms with E-state index in [4.69, 9.17) is 15.7 Å². The standard InChI is InChI=1S/C10H18B2/c1-9(2)5-4-8(12)10(3,6-9)7-11/h8H,4-7H2,1-3H3. The minimum absolute atomic E-state index is 0.168. The highest BCUT2D eigenvalue weighted by Gasteiger charge is 2.39. The highest BCUT2D eigenvalue weighted by atomic mass is 14.4. The van der Waals surface area contributed by atoms with Crippen molar-refractivity contribution in [2.24, 2.45) is 10.8 Å². The van der Waals surface area contributed by atoms with Crippen molar-refractivity contribution in [3.05, 3.63) is 0 Å². The highest BCUT2D eigenvalue weighted by molar-refractivity contribution is 6.14. The van der Waals surface area contributed by atoms with Crippen LogP contribution in [0, 0.1) is 10.8 Å². The molecule has 0 nitrogen and oxygen atoms in total. The van der Waals surface area contributed by atoms with Gasteiger partial charge in [0.15, 0.2) is 0 Å². The molecule has 1 aliphatic rings. The molecule has 0 spiro atoms. The molecule has 0 heterocycles. The summed E-state index contributed by atoms with van der Waals surface area (Å²) < 4.78 is 0. The van der Waals surface area contributed by atoms with Gasteiger partial charge in [0.1, 0.15) is 0 Å². The van der Waals surface area contributed by atoms with Crippen molar-refractivity contribution < 1.29 is 0 Å². The normalized spacial score (nSPS) is 41.1. The summed E-state index contributed by atoms with van der Waals surface area (Å²) in [5.41, 5.74) is 0.603. The molecule has 64 valence electrons. The van der Waals surface area contributed by atoms with Gasteiger partial charge in [0.2, 0.25) is 0 Å². The van der Waals surface area contributed by atoms with E-state index in [1.54, 1.807) is 0 Å². The van der Waals surface area contributed by atoms with Gasteiger partial charge in [-0.25, -0.2) is 0 Å². The Morgan fingerprint density at radius 1 is 1.33 bits per heavy atom. The molecule has 4 radical (unpaired) electrons. The highest BCUT2D eigenvalue weighted by Crippen LogP contribution is 2.52. The number of hydrogen-bond donors (Lipinski definition) is 0. The Labute approximate surface area is 79.3 Å². The topological polar surface area (TPSA) is 0 Å². The Morgan fingerprint density at radius 2 is 1.92 bits per heavy atom. The summed E-state index contributed by atoms with van der Waals surface area (Å²) in [6.45, 7) is 6.85. The van der Waals surface area contributed by atoms with Crippen molar-refractivity contribution in [1.29, 1.82) is 0 Å². The van der Waals surface area contributed by atoms with E-state index < -0.39 is 0 Å². The van der Waals surface area contributed by atoms with Gasteiger partial charge >= 0.3 is 0 Å². The first kappa shape index (κ1) is 10.2. The van der Waals surface area contributed by atoms with Crippen LogP contribution in [0.3, 0.4) is 0 Å². The molecule has 0 N–H and O–H groups in total. The third-order valence-corrected chi connectivity index (χ3v) is 3.38. The van der Waals surface area contributed by atoms with Crippen LogP contribution >= 0.6 is 0 Å². The third kappa shape index (κ3) is 1.89. The number of rotatable bonds is 1. The molecule has 12 heavy (non-hydrogen) atoms. The van der Waals surface area contributed by atoms with E-state index in [2.05, 4.69) is 20.8 Å². The summed E-state index contributed by atoms with van der Waals surface area (Å²) in [5, 5.41) is 0. The quantitative estimate of drug-likeness (QED) is 0.517. The lowest BCUT2D eigenvalue weighted by Crippen LogP contribution is -2.35. The Bertz CT molecular complexity index is 165. The van der Waals surface area contributed by atoms with E-state index in [0.717, 1.165) is 19.2 Å². The predicted octanol–water partition coefficient (Wildman–Crippen LogP) is 2.75. The molecule has 0 aromatic rings. The molecule has 0 amide bonds. The van der Waals surface area contributed by atoms with Crippen molar-refractivity contribution in [2.45, 2.75) is 52.2 Å². The second-order valence-electron chi connectivity index (χ2n) is 5.34. The van der Waals surface area contributed by atoms with Crippen LogP contribution in [-0.4, -0.2) is 15.7 Å². The van der Waals surface area contributed by atoms with Crippen LogP contribution in [0.15, 0.2) is 0 Å². The maximum Gasteiger partial charge on any atom is 0.0706 e. The second kappa shape index (κ2) is 3.12. The molecule has 1 rings (SSSR count). The van der Waals surface area contributed by atoms with E-state index in [9.17, 15) is 0 Å². The van der Waals surface area contributed by atoms with Gasteiger partial charge in [-0.3, -0.25) is 0 Å². The molecule has 0 aromatic carbocycles. The van der Waals surface area contributed by atoms with Crippen molar-refractivity contribution in [1.82, 2.24) is 0 Å². The maximum atomic E-state index is 6.06. The lowest BCUT2D eigenvalue weighted by atomic mass is 9.50. The van der Waals surface area contributed by atoms with Crippen LogP contribution in [-0.2, 0) is 0 Å². The molecule has 0 aromatic heterocycles. The molecule has 0 bridgehead atoms. The SMILES string of the molecule is [B]CC1(C)CC(C)(C)CCC1[B]. The van der Waals surface area contributed by atoms with E-state index in [0.29, 0.717) is 11.2 Å². The molecule has 2 heteroatoms. The van der Waals surface area contributed by atoms with Crippen LogP contribution in [0.1, 0.15) is 40.0 Å². The van der Waals surface area contributed by atoms with Crippen LogP contribution in [0.4, 0.5) is 0 Å². The van der Waals surface area contributed by atoms with E-state index >= 15 is 0 Å². The lowest BCUT2D eigenvalue weighted by molar-refractivity contribution is 0.117. The maximum absolute atomic E-state index is 6.06. The predicted molar refractivity (Wildman–Crippen MR) is 55.8 cm³/mol. The van der Waals surface area contributed by atoms with Gasteiger partial charge in [-0.15, -0.1) is 0 Å². The van der Waals surface area contributed by atoms with Gasteiger partial charge in [0, 0.05) is 0 Å². The molecular formula is C10H18B2. The van der Waals surface area contributed by atoms with E-state index in [-0.39, 0.29) is 5.41 Å². The van der Waals surface area contributed by atoms with Crippen LogP contribution in [0.25, 0.3) is 0 Å². The second-order valence-corrected chi connectivity index (χ2v) is 5.34. The van der Waals surface area contributed by atoms with Gasteiger partial charge in [0.25, 0.3) is 0 Å². The summed E-state index contributed by atoms with van der Waals surface area (Å²) in [6.07, 6.45) is 4.25. The van der Waals surface area contributed by atoms with Crippen molar-refractivity contribution in [3.63, 3.8) is 0 Å². The summed E-state index contributed by atoms with van der Waals surface area (Å²) in [6, 6.07) is 0. The lowest BCUT2D eigenvalue weighted by Gasteiger charge is -2.47. The minimum Gasteiger partial charge on any atom is -0.0838 e. The first-order valence-corrected chi connectivity index (χ1v) is 4.85. The molecule has 1 aliphatic carbocycles. The molecule has 2 atom stereocenters. The molecule has 1 fully saturated rings. The fourth-order valence-corrected chi connectivity index (χ4v) is 2.43. The van der Waals surface area contributed by atoms with Crippen LogP contribution in [0.5, 0.6) is 0 Å². The summed E-state index contributed by atoms with van der Waals surface area (Å²) in [4.78, 5) is 0. The zero-order valence-corrected chi connectivity index (χ0v) is 8.56. The van der Waals surface area contributed by atoms with E-state index in [1.165, 1.54) is 6.42 Å². The zero-order valence-electron chi connectivity index (χ0n) is 8.56. The van der Waals surface area contributed by atoms with Crippen molar-refractivity contribution >= 4 is 15.7 Å². The summed E-state index contributed by atoms with van der Waals surface area (Å²) in [5.74, 6) is 0.301. The van der Waals surface area contributed by atoms with Gasteiger partial charge in [-0.2, -0.15) is 0 Å². The monoisotopic (exact) mass is 160 g/mol.